The molecule has 4 heteroatoms. The van der Waals surface area contributed by atoms with Crippen LogP contribution in [0.15, 0.2) is 72.8 Å². The second kappa shape index (κ2) is 7.69. The van der Waals surface area contributed by atoms with E-state index in [0.717, 1.165) is 40.1 Å². The lowest BCUT2D eigenvalue weighted by molar-refractivity contribution is -0.116. The van der Waals surface area contributed by atoms with E-state index in [-0.39, 0.29) is 12.5 Å². The van der Waals surface area contributed by atoms with Crippen molar-refractivity contribution in [2.75, 3.05) is 5.32 Å². The van der Waals surface area contributed by atoms with Crippen LogP contribution in [0.3, 0.4) is 0 Å². The van der Waals surface area contributed by atoms with Crippen LogP contribution in [0.4, 0.5) is 5.69 Å². The lowest BCUT2D eigenvalue weighted by Gasteiger charge is -2.11. The number of benzene rings is 3. The van der Waals surface area contributed by atoms with Crippen LogP contribution in [0, 0.1) is 6.92 Å². The van der Waals surface area contributed by atoms with Gasteiger partial charge in [0.15, 0.2) is 0 Å². The van der Waals surface area contributed by atoms with Gasteiger partial charge in [0.2, 0.25) is 5.91 Å². The number of nitrogens with one attached hydrogen (secondary N) is 1. The number of anilines is 1. The van der Waals surface area contributed by atoms with Crippen molar-refractivity contribution in [2.45, 2.75) is 26.8 Å². The number of carbonyl (C=O) groups excluding carboxylic acids is 1. The smallest absolute Gasteiger partial charge is 0.244 e. The Hall–Kier alpha value is -3.40. The maximum absolute atomic E-state index is 12.8. The van der Waals surface area contributed by atoms with Crippen molar-refractivity contribution in [1.82, 2.24) is 9.55 Å². The van der Waals surface area contributed by atoms with E-state index in [2.05, 4.69) is 31.3 Å². The van der Waals surface area contributed by atoms with Crippen molar-refractivity contribution in [3.05, 3.63) is 83.9 Å². The number of carbonyl (C=O) groups is 1. The molecule has 0 aliphatic heterocycles. The molecule has 4 rings (SSSR count). The molecule has 1 heterocycles. The van der Waals surface area contributed by atoms with Crippen LogP contribution in [-0.4, -0.2) is 15.5 Å². The molecule has 0 spiro atoms. The van der Waals surface area contributed by atoms with E-state index in [9.17, 15) is 4.79 Å². The lowest BCUT2D eigenvalue weighted by atomic mass is 10.1. The van der Waals surface area contributed by atoms with Crippen LogP contribution in [0.2, 0.25) is 0 Å². The van der Waals surface area contributed by atoms with E-state index in [1.807, 2.05) is 65.2 Å². The van der Waals surface area contributed by atoms with Gasteiger partial charge in [-0.25, -0.2) is 4.98 Å². The van der Waals surface area contributed by atoms with Gasteiger partial charge in [-0.1, -0.05) is 55.0 Å². The van der Waals surface area contributed by atoms with Crippen LogP contribution in [0.1, 0.15) is 18.1 Å². The first-order valence-electron chi connectivity index (χ1n) is 9.55. The highest BCUT2D eigenvalue weighted by Gasteiger charge is 2.15. The molecule has 0 aliphatic rings. The third kappa shape index (κ3) is 3.67. The summed E-state index contributed by atoms with van der Waals surface area (Å²) in [5.74, 6) is 0.739. The highest BCUT2D eigenvalue weighted by Crippen LogP contribution is 2.25. The predicted molar refractivity (Wildman–Crippen MR) is 114 cm³/mol. The molecule has 0 fully saturated rings. The zero-order valence-corrected chi connectivity index (χ0v) is 16.1. The van der Waals surface area contributed by atoms with Crippen molar-refractivity contribution in [1.29, 1.82) is 0 Å². The number of nitrogens with zero attached hydrogens (tertiary/aromatic N) is 2. The van der Waals surface area contributed by atoms with Gasteiger partial charge in [-0.05, 0) is 49.2 Å². The van der Waals surface area contributed by atoms with E-state index in [1.54, 1.807) is 0 Å². The normalized spacial score (nSPS) is 10.9. The van der Waals surface area contributed by atoms with Gasteiger partial charge in [0, 0.05) is 11.3 Å². The van der Waals surface area contributed by atoms with Gasteiger partial charge in [0.25, 0.3) is 0 Å². The summed E-state index contributed by atoms with van der Waals surface area (Å²) in [6, 6.07) is 24.1. The quantitative estimate of drug-likeness (QED) is 0.525. The molecule has 0 radical (unpaired) electrons. The second-order valence-corrected chi connectivity index (χ2v) is 6.98. The summed E-state index contributed by atoms with van der Waals surface area (Å²) in [7, 11) is 0. The second-order valence-electron chi connectivity index (χ2n) is 6.98. The summed E-state index contributed by atoms with van der Waals surface area (Å²) < 4.78 is 1.99. The van der Waals surface area contributed by atoms with Gasteiger partial charge < -0.3 is 9.88 Å². The maximum atomic E-state index is 12.8. The zero-order chi connectivity index (χ0) is 19.5. The molecule has 1 N–H and O–H groups in total. The first-order valence-corrected chi connectivity index (χ1v) is 9.55. The fraction of sp³-hybridized carbons (Fsp3) is 0.167. The minimum Gasteiger partial charge on any atom is -0.325 e. The number of imidazole rings is 1. The number of aryl methyl sites for hydroxylation is 2. The highest BCUT2D eigenvalue weighted by atomic mass is 16.1. The zero-order valence-electron chi connectivity index (χ0n) is 16.1. The molecule has 0 saturated carbocycles. The van der Waals surface area contributed by atoms with Gasteiger partial charge in [-0.15, -0.1) is 0 Å². The number of fused-ring (bicyclic) bond motifs is 1. The Kier molecular flexibility index (Phi) is 4.94. The van der Waals surface area contributed by atoms with Crippen molar-refractivity contribution in [2.24, 2.45) is 0 Å². The molecular formula is C24H23N3O. The van der Waals surface area contributed by atoms with Crippen molar-refractivity contribution in [3.63, 3.8) is 0 Å². The third-order valence-corrected chi connectivity index (χ3v) is 4.88. The minimum atomic E-state index is -0.0682. The molecule has 4 aromatic rings. The van der Waals surface area contributed by atoms with Crippen molar-refractivity contribution in [3.8, 4) is 11.4 Å². The van der Waals surface area contributed by atoms with Crippen molar-refractivity contribution >= 4 is 22.6 Å². The van der Waals surface area contributed by atoms with E-state index in [1.165, 1.54) is 5.56 Å². The van der Waals surface area contributed by atoms with Crippen molar-refractivity contribution < 1.29 is 4.79 Å². The number of amides is 1. The molecular weight excluding hydrogens is 346 g/mol. The highest BCUT2D eigenvalue weighted by molar-refractivity contribution is 5.92. The van der Waals surface area contributed by atoms with Gasteiger partial charge in [0.1, 0.15) is 12.4 Å². The molecule has 1 amide bonds. The maximum Gasteiger partial charge on any atom is 0.244 e. The van der Waals surface area contributed by atoms with Gasteiger partial charge in [-0.2, -0.15) is 0 Å². The summed E-state index contributed by atoms with van der Waals surface area (Å²) in [6.45, 7) is 4.38. The van der Waals surface area contributed by atoms with Crippen LogP contribution in [0.5, 0.6) is 0 Å². The SMILES string of the molecule is CCc1ccc(NC(=O)Cn2c(-c3cccc(C)c3)nc3ccccc32)cc1. The van der Waals surface area contributed by atoms with E-state index in [0.29, 0.717) is 0 Å². The molecule has 0 aliphatic carbocycles. The van der Waals surface area contributed by atoms with Gasteiger partial charge in [-0.3, -0.25) is 4.79 Å². The molecule has 4 nitrogen and oxygen atoms in total. The Bertz CT molecular complexity index is 1130. The van der Waals surface area contributed by atoms with E-state index >= 15 is 0 Å². The lowest BCUT2D eigenvalue weighted by Crippen LogP contribution is -2.19. The van der Waals surface area contributed by atoms with Crippen LogP contribution in [-0.2, 0) is 17.8 Å². The molecule has 3 aromatic carbocycles. The first kappa shape index (κ1) is 18.0. The average Bonchev–Trinajstić information content (AvgIpc) is 3.07. The Balaban J connectivity index is 1.66. The fourth-order valence-electron chi connectivity index (χ4n) is 3.41. The van der Waals surface area contributed by atoms with E-state index in [4.69, 9.17) is 4.98 Å². The molecule has 0 unspecified atom stereocenters. The standard InChI is InChI=1S/C24H23N3O/c1-3-18-11-13-20(14-12-18)25-23(28)16-27-22-10-5-4-9-21(22)26-24(27)19-8-6-7-17(2)15-19/h4-15H,3,16H2,1-2H3,(H,25,28). The number of para-hydroxylation sites is 2. The topological polar surface area (TPSA) is 46.9 Å². The molecule has 0 atom stereocenters. The summed E-state index contributed by atoms with van der Waals surface area (Å²) in [5, 5.41) is 3.00. The molecule has 1 aromatic heterocycles. The monoisotopic (exact) mass is 369 g/mol. The molecule has 28 heavy (non-hydrogen) atoms. The Morgan fingerprint density at radius 2 is 1.79 bits per heavy atom. The predicted octanol–water partition coefficient (Wildman–Crippen LogP) is 5.21. The summed E-state index contributed by atoms with van der Waals surface area (Å²) in [5.41, 5.74) is 6.08. The number of rotatable bonds is 5. The van der Waals surface area contributed by atoms with E-state index < -0.39 is 0 Å². The largest absolute Gasteiger partial charge is 0.325 e. The minimum absolute atomic E-state index is 0.0682. The van der Waals surface area contributed by atoms with Gasteiger partial charge >= 0.3 is 0 Å². The fourth-order valence-corrected chi connectivity index (χ4v) is 3.41. The van der Waals surface area contributed by atoms with Crippen LogP contribution < -0.4 is 5.32 Å². The summed E-state index contributed by atoms with van der Waals surface area (Å²) in [4.78, 5) is 17.6. The Morgan fingerprint density at radius 1 is 1.00 bits per heavy atom. The molecule has 0 saturated heterocycles. The average molecular weight is 369 g/mol. The van der Waals surface area contributed by atoms with Crippen LogP contribution in [0.25, 0.3) is 22.4 Å². The van der Waals surface area contributed by atoms with Crippen LogP contribution >= 0.6 is 0 Å². The molecule has 0 bridgehead atoms. The number of hydrogen-bond donors (Lipinski definition) is 1. The molecule has 140 valence electrons. The third-order valence-electron chi connectivity index (χ3n) is 4.88. The summed E-state index contributed by atoms with van der Waals surface area (Å²) in [6.07, 6.45) is 0.981. The number of aromatic nitrogens is 2. The first-order chi connectivity index (χ1) is 13.6. The van der Waals surface area contributed by atoms with Gasteiger partial charge in [0.05, 0.1) is 11.0 Å². The Labute approximate surface area is 164 Å². The Morgan fingerprint density at radius 3 is 2.54 bits per heavy atom. The summed E-state index contributed by atoms with van der Waals surface area (Å²) >= 11 is 0. The number of hydrogen-bond acceptors (Lipinski definition) is 2.